The standard InChI is InChI=1S/C15H21NO2S/c1-16-15(14-7-8-19(17,18)10-14)13-6-5-11-3-2-4-12(11)9-13/h5-6,9,14-16H,2-4,7-8,10H2,1H3. The van der Waals surface area contributed by atoms with Crippen molar-refractivity contribution in [1.82, 2.24) is 5.32 Å². The number of aryl methyl sites for hydroxylation is 2. The van der Waals surface area contributed by atoms with Crippen molar-refractivity contribution < 1.29 is 8.42 Å². The molecule has 0 saturated carbocycles. The Balaban J connectivity index is 1.86. The molecular weight excluding hydrogens is 258 g/mol. The van der Waals surface area contributed by atoms with Crippen molar-refractivity contribution in [3.05, 3.63) is 34.9 Å². The minimum atomic E-state index is -2.81. The van der Waals surface area contributed by atoms with Gasteiger partial charge in [-0.05, 0) is 55.3 Å². The molecule has 19 heavy (non-hydrogen) atoms. The molecule has 104 valence electrons. The summed E-state index contributed by atoms with van der Waals surface area (Å²) in [4.78, 5) is 0. The molecule has 1 aliphatic heterocycles. The van der Waals surface area contributed by atoms with Gasteiger partial charge in [0.05, 0.1) is 11.5 Å². The van der Waals surface area contributed by atoms with Crippen LogP contribution in [-0.2, 0) is 22.7 Å². The van der Waals surface area contributed by atoms with Crippen molar-refractivity contribution in [2.24, 2.45) is 5.92 Å². The SMILES string of the molecule is CNC(c1ccc2c(c1)CCC2)C1CCS(=O)(=O)C1. The Morgan fingerprint density at radius 1 is 1.26 bits per heavy atom. The molecule has 1 aromatic carbocycles. The number of fused-ring (bicyclic) bond motifs is 1. The van der Waals surface area contributed by atoms with Crippen LogP contribution in [0.5, 0.6) is 0 Å². The maximum atomic E-state index is 11.7. The van der Waals surface area contributed by atoms with Gasteiger partial charge in [0.1, 0.15) is 0 Å². The van der Waals surface area contributed by atoms with Crippen molar-refractivity contribution in [3.8, 4) is 0 Å². The van der Waals surface area contributed by atoms with Gasteiger partial charge in [-0.25, -0.2) is 8.42 Å². The van der Waals surface area contributed by atoms with Gasteiger partial charge in [-0.1, -0.05) is 18.2 Å². The van der Waals surface area contributed by atoms with Gasteiger partial charge in [0.25, 0.3) is 0 Å². The van der Waals surface area contributed by atoms with Crippen LogP contribution in [0.3, 0.4) is 0 Å². The molecule has 1 heterocycles. The van der Waals surface area contributed by atoms with Crippen molar-refractivity contribution in [2.45, 2.75) is 31.7 Å². The van der Waals surface area contributed by atoms with E-state index in [1.807, 2.05) is 7.05 Å². The molecule has 0 bridgehead atoms. The first-order chi connectivity index (χ1) is 9.09. The summed E-state index contributed by atoms with van der Waals surface area (Å²) in [7, 11) is -0.877. The Morgan fingerprint density at radius 2 is 2.05 bits per heavy atom. The second kappa shape index (κ2) is 4.91. The zero-order valence-corrected chi connectivity index (χ0v) is 12.2. The summed E-state index contributed by atoms with van der Waals surface area (Å²) in [6.07, 6.45) is 4.39. The summed E-state index contributed by atoms with van der Waals surface area (Å²) in [6, 6.07) is 6.86. The molecule has 1 aliphatic carbocycles. The third kappa shape index (κ3) is 2.56. The molecule has 1 N–H and O–H groups in total. The Labute approximate surface area is 115 Å². The largest absolute Gasteiger partial charge is 0.313 e. The molecule has 0 amide bonds. The minimum Gasteiger partial charge on any atom is -0.313 e. The lowest BCUT2D eigenvalue weighted by molar-refractivity contribution is 0.418. The molecule has 0 radical (unpaired) electrons. The van der Waals surface area contributed by atoms with Crippen LogP contribution in [0, 0.1) is 5.92 Å². The van der Waals surface area contributed by atoms with Crippen molar-refractivity contribution >= 4 is 9.84 Å². The van der Waals surface area contributed by atoms with E-state index in [1.165, 1.54) is 36.0 Å². The van der Waals surface area contributed by atoms with Crippen molar-refractivity contribution in [3.63, 3.8) is 0 Å². The molecule has 1 fully saturated rings. The van der Waals surface area contributed by atoms with E-state index in [0.29, 0.717) is 11.5 Å². The first kappa shape index (κ1) is 13.1. The monoisotopic (exact) mass is 279 g/mol. The van der Waals surface area contributed by atoms with Crippen LogP contribution in [0.4, 0.5) is 0 Å². The molecule has 2 atom stereocenters. The van der Waals surface area contributed by atoms with E-state index in [0.717, 1.165) is 6.42 Å². The van der Waals surface area contributed by atoms with Crippen LogP contribution in [0.15, 0.2) is 18.2 Å². The van der Waals surface area contributed by atoms with Crippen LogP contribution in [0.1, 0.15) is 35.6 Å². The average molecular weight is 279 g/mol. The molecule has 3 nitrogen and oxygen atoms in total. The molecule has 1 saturated heterocycles. The highest BCUT2D eigenvalue weighted by atomic mass is 32.2. The summed E-state index contributed by atoms with van der Waals surface area (Å²) in [5, 5.41) is 3.32. The second-order valence-corrected chi connectivity index (χ2v) is 8.04. The molecule has 0 aromatic heterocycles. The summed E-state index contributed by atoms with van der Waals surface area (Å²) in [5.74, 6) is 0.894. The van der Waals surface area contributed by atoms with Crippen molar-refractivity contribution in [2.75, 3.05) is 18.6 Å². The van der Waals surface area contributed by atoms with Crippen LogP contribution in [0.25, 0.3) is 0 Å². The molecule has 2 aliphatic rings. The molecule has 1 aromatic rings. The van der Waals surface area contributed by atoms with E-state index in [1.54, 1.807) is 0 Å². The van der Waals surface area contributed by atoms with Crippen molar-refractivity contribution in [1.29, 1.82) is 0 Å². The highest BCUT2D eigenvalue weighted by molar-refractivity contribution is 7.91. The van der Waals surface area contributed by atoms with Gasteiger partial charge in [-0.15, -0.1) is 0 Å². The number of hydrogen-bond acceptors (Lipinski definition) is 3. The predicted molar refractivity (Wildman–Crippen MR) is 77.0 cm³/mol. The van der Waals surface area contributed by atoms with Gasteiger partial charge in [0, 0.05) is 6.04 Å². The van der Waals surface area contributed by atoms with Gasteiger partial charge < -0.3 is 5.32 Å². The smallest absolute Gasteiger partial charge is 0.150 e. The molecule has 4 heteroatoms. The number of sulfone groups is 1. The van der Waals surface area contributed by atoms with E-state index in [-0.39, 0.29) is 12.0 Å². The quantitative estimate of drug-likeness (QED) is 0.919. The van der Waals surface area contributed by atoms with Crippen LogP contribution >= 0.6 is 0 Å². The van der Waals surface area contributed by atoms with E-state index in [4.69, 9.17) is 0 Å². The number of rotatable bonds is 3. The first-order valence-electron chi connectivity index (χ1n) is 7.08. The molecular formula is C15H21NO2S. The highest BCUT2D eigenvalue weighted by Crippen LogP contribution is 2.33. The van der Waals surface area contributed by atoms with Gasteiger partial charge >= 0.3 is 0 Å². The minimum absolute atomic E-state index is 0.170. The molecule has 0 spiro atoms. The van der Waals surface area contributed by atoms with Gasteiger partial charge in [0.15, 0.2) is 9.84 Å². The van der Waals surface area contributed by atoms with E-state index in [2.05, 4.69) is 23.5 Å². The Hall–Kier alpha value is -0.870. The topological polar surface area (TPSA) is 46.2 Å². The van der Waals surface area contributed by atoms with Gasteiger partial charge in [0.2, 0.25) is 0 Å². The van der Waals surface area contributed by atoms with Crippen LogP contribution in [0.2, 0.25) is 0 Å². The fourth-order valence-corrected chi connectivity index (χ4v) is 5.39. The normalized spacial score (nSPS) is 26.3. The third-order valence-electron chi connectivity index (χ3n) is 4.53. The fourth-order valence-electron chi connectivity index (χ4n) is 3.55. The summed E-state index contributed by atoms with van der Waals surface area (Å²) in [6.45, 7) is 0. The number of nitrogens with one attached hydrogen (secondary N) is 1. The zero-order chi connectivity index (χ0) is 13.5. The van der Waals surface area contributed by atoms with Gasteiger partial charge in [-0.2, -0.15) is 0 Å². The van der Waals surface area contributed by atoms with Gasteiger partial charge in [-0.3, -0.25) is 0 Å². The summed E-state index contributed by atoms with van der Waals surface area (Å²) in [5.41, 5.74) is 4.18. The lowest BCUT2D eigenvalue weighted by Gasteiger charge is -2.23. The highest BCUT2D eigenvalue weighted by Gasteiger charge is 2.34. The van der Waals surface area contributed by atoms with Crippen LogP contribution in [-0.4, -0.2) is 27.0 Å². The predicted octanol–water partition coefficient (Wildman–Crippen LogP) is 1.87. The summed E-state index contributed by atoms with van der Waals surface area (Å²) >= 11 is 0. The fraction of sp³-hybridized carbons (Fsp3) is 0.600. The van der Waals surface area contributed by atoms with E-state index in [9.17, 15) is 8.42 Å². The third-order valence-corrected chi connectivity index (χ3v) is 6.33. The lowest BCUT2D eigenvalue weighted by Crippen LogP contribution is -2.26. The Kier molecular flexibility index (Phi) is 3.39. The lowest BCUT2D eigenvalue weighted by atomic mass is 9.91. The summed E-state index contributed by atoms with van der Waals surface area (Å²) < 4.78 is 23.3. The maximum Gasteiger partial charge on any atom is 0.150 e. The first-order valence-corrected chi connectivity index (χ1v) is 8.90. The number of benzene rings is 1. The van der Waals surface area contributed by atoms with E-state index >= 15 is 0 Å². The number of hydrogen-bond donors (Lipinski definition) is 1. The van der Waals surface area contributed by atoms with E-state index < -0.39 is 9.84 Å². The van der Waals surface area contributed by atoms with Crippen LogP contribution < -0.4 is 5.32 Å². The second-order valence-electron chi connectivity index (χ2n) is 5.81. The average Bonchev–Trinajstić information content (AvgIpc) is 2.96. The molecule has 2 unspecified atom stereocenters. The maximum absolute atomic E-state index is 11.7. The Bertz CT molecular complexity index is 580. The Morgan fingerprint density at radius 3 is 2.74 bits per heavy atom. The zero-order valence-electron chi connectivity index (χ0n) is 11.4. The molecule has 3 rings (SSSR count).